The Morgan fingerprint density at radius 1 is 0.982 bits per heavy atom. The first-order chi connectivity index (χ1) is 26.5. The van der Waals surface area contributed by atoms with Gasteiger partial charge in [-0.25, -0.2) is 0 Å². The Morgan fingerprint density at radius 3 is 2.45 bits per heavy atom. The van der Waals surface area contributed by atoms with Crippen LogP contribution in [-0.4, -0.2) is 60.1 Å². The normalized spacial score (nSPS) is 22.6. The molecule has 0 radical (unpaired) electrons. The molecule has 3 aliphatic heterocycles. The molecule has 1 N–H and O–H groups in total. The molecule has 1 spiro atoms. The number of ether oxygens (including phenoxy) is 2. The van der Waals surface area contributed by atoms with Crippen LogP contribution in [0.1, 0.15) is 53.6 Å². The maximum Gasteiger partial charge on any atom is 0.264 e. The Kier molecular flexibility index (Phi) is 9.68. The van der Waals surface area contributed by atoms with Gasteiger partial charge in [-0.3, -0.25) is 19.2 Å². The summed E-state index contributed by atoms with van der Waals surface area (Å²) in [6.07, 6.45) is 2.84. The smallest absolute Gasteiger partial charge is 0.264 e. The number of methoxy groups -OCH3 is 1. The third-order valence-electron chi connectivity index (χ3n) is 11.7. The fourth-order valence-electron chi connectivity index (χ4n) is 9.12. The molecule has 5 atom stereocenters. The number of aliphatic hydroxyl groups is 1. The van der Waals surface area contributed by atoms with Crippen LogP contribution in [0.2, 0.25) is 18.6 Å². The van der Waals surface area contributed by atoms with Crippen molar-refractivity contribution in [1.82, 2.24) is 15.0 Å². The van der Waals surface area contributed by atoms with Crippen molar-refractivity contribution in [2.75, 3.05) is 23.5 Å². The quantitative estimate of drug-likeness (QED) is 0.110. The van der Waals surface area contributed by atoms with E-state index in [0.717, 1.165) is 34.5 Å². The van der Waals surface area contributed by atoms with Gasteiger partial charge in [0.05, 0.1) is 49.4 Å². The summed E-state index contributed by atoms with van der Waals surface area (Å²) >= 11 is 0. The van der Waals surface area contributed by atoms with Gasteiger partial charge in [-0.1, -0.05) is 72.8 Å². The molecular weight excluding hydrogens is 714 g/mol. The van der Waals surface area contributed by atoms with Crippen molar-refractivity contribution in [3.05, 3.63) is 131 Å². The predicted octanol–water partition coefficient (Wildman–Crippen LogP) is 7.43. The number of amides is 2. The largest absolute Gasteiger partial charge is 0.497 e. The summed E-state index contributed by atoms with van der Waals surface area (Å²) in [6, 6.07) is 31.0. The van der Waals surface area contributed by atoms with Gasteiger partial charge in [0.15, 0.2) is 5.60 Å². The minimum atomic E-state index is -3.40. The van der Waals surface area contributed by atoms with E-state index in [0.29, 0.717) is 42.1 Å². The van der Waals surface area contributed by atoms with Gasteiger partial charge in [0, 0.05) is 41.9 Å². The number of aliphatic hydroxyl groups excluding tert-OH is 1. The van der Waals surface area contributed by atoms with Crippen molar-refractivity contribution >= 4 is 37.3 Å². The van der Waals surface area contributed by atoms with Crippen molar-refractivity contribution in [3.63, 3.8) is 0 Å². The van der Waals surface area contributed by atoms with Gasteiger partial charge in [0.2, 0.25) is 14.3 Å². The number of anilines is 3. The maximum absolute atomic E-state index is 16.5. The van der Waals surface area contributed by atoms with Crippen LogP contribution in [0, 0.1) is 5.92 Å². The second kappa shape index (κ2) is 14.5. The lowest BCUT2D eigenvalue weighted by molar-refractivity contribution is -0.146. The van der Waals surface area contributed by atoms with E-state index in [-0.39, 0.29) is 30.9 Å². The number of carbonyl (C=O) groups excluding carboxylic acids is 2. The van der Waals surface area contributed by atoms with E-state index in [9.17, 15) is 14.7 Å². The summed E-state index contributed by atoms with van der Waals surface area (Å²) < 4.78 is 30.9. The van der Waals surface area contributed by atoms with Crippen molar-refractivity contribution in [2.24, 2.45) is 5.92 Å². The highest BCUT2D eigenvalue weighted by atomic mass is 28.4. The fourth-order valence-corrected chi connectivity index (χ4v) is 11.7. The van der Waals surface area contributed by atoms with E-state index in [4.69, 9.17) is 9.47 Å². The second-order valence-electron chi connectivity index (χ2n) is 15.4. The van der Waals surface area contributed by atoms with E-state index in [1.54, 1.807) is 34.7 Å². The standard InChI is InChI=1S/C43H46FN5O5Si/c1-28-41(55(3,4)44)39(22-23-47-26-36(45-46-47)34(27-50)30-10-6-5-7-11-30)54-43(28)35-24-33(53-2)19-20-38(35)48(42(43)52)25-29-14-17-32(18-15-29)49-37-13-9-8-12-31(37)16-21-40(49)51/h5-15,17-20,24,26,28,34,39,41,50H,16,21-23,25,27H2,1-4H3/t28-,34?,39+,41-,43+/m1/s1. The molecule has 10 nitrogen and oxygen atoms in total. The highest BCUT2D eigenvalue weighted by Gasteiger charge is 2.66. The van der Waals surface area contributed by atoms with E-state index in [1.807, 2.05) is 104 Å². The summed E-state index contributed by atoms with van der Waals surface area (Å²) in [5, 5.41) is 18.9. The molecule has 284 valence electrons. The molecule has 55 heavy (non-hydrogen) atoms. The predicted molar refractivity (Wildman–Crippen MR) is 211 cm³/mol. The number of hydrogen-bond acceptors (Lipinski definition) is 7. The molecule has 12 heteroatoms. The maximum atomic E-state index is 16.5. The third kappa shape index (κ3) is 6.45. The van der Waals surface area contributed by atoms with Gasteiger partial charge in [0.25, 0.3) is 5.91 Å². The number of rotatable bonds is 11. The average Bonchev–Trinajstić information content (AvgIpc) is 3.85. The zero-order chi connectivity index (χ0) is 38.5. The summed E-state index contributed by atoms with van der Waals surface area (Å²) in [4.78, 5) is 31.6. The van der Waals surface area contributed by atoms with Crippen LogP contribution in [0.25, 0.3) is 0 Å². The van der Waals surface area contributed by atoms with Crippen LogP contribution in [0.5, 0.6) is 5.75 Å². The number of hydrogen-bond donors (Lipinski definition) is 1. The van der Waals surface area contributed by atoms with Crippen LogP contribution < -0.4 is 14.5 Å². The van der Waals surface area contributed by atoms with E-state index in [2.05, 4.69) is 16.4 Å². The molecule has 1 aromatic heterocycles. The molecule has 0 bridgehead atoms. The Balaban J connectivity index is 1.07. The van der Waals surface area contributed by atoms with Crippen LogP contribution >= 0.6 is 0 Å². The first-order valence-corrected chi connectivity index (χ1v) is 21.9. The molecule has 3 aliphatic rings. The van der Waals surface area contributed by atoms with Crippen LogP contribution in [0.4, 0.5) is 21.2 Å². The Labute approximate surface area is 321 Å². The number of nitrogens with zero attached hydrogens (tertiary/aromatic N) is 5. The van der Waals surface area contributed by atoms with Crippen LogP contribution in [0.3, 0.4) is 0 Å². The highest BCUT2D eigenvalue weighted by Crippen LogP contribution is 2.60. The molecule has 0 saturated carbocycles. The molecule has 1 unspecified atom stereocenters. The van der Waals surface area contributed by atoms with Crippen molar-refractivity contribution in [2.45, 2.75) is 75.5 Å². The number of halogens is 1. The lowest BCUT2D eigenvalue weighted by Gasteiger charge is -2.31. The van der Waals surface area contributed by atoms with Gasteiger partial charge in [-0.15, -0.1) is 5.10 Å². The van der Waals surface area contributed by atoms with Gasteiger partial charge < -0.3 is 23.6 Å². The number of carbonyl (C=O) groups is 2. The molecule has 8 rings (SSSR count). The Hall–Kier alpha value is -5.17. The Morgan fingerprint density at radius 2 is 1.73 bits per heavy atom. The summed E-state index contributed by atoms with van der Waals surface area (Å²) in [7, 11) is -1.82. The number of aromatic nitrogens is 3. The molecule has 2 amide bonds. The zero-order valence-corrected chi connectivity index (χ0v) is 32.6. The van der Waals surface area contributed by atoms with E-state index >= 15 is 4.11 Å². The van der Waals surface area contributed by atoms with E-state index < -0.39 is 31.6 Å². The molecule has 4 aromatic carbocycles. The number of para-hydroxylation sites is 1. The van der Waals surface area contributed by atoms with Gasteiger partial charge in [-0.05, 0) is 79.0 Å². The molecule has 0 aliphatic carbocycles. The number of fused-ring (bicyclic) bond motifs is 3. The first-order valence-electron chi connectivity index (χ1n) is 19.0. The molecular formula is C43H46FN5O5Si. The fraction of sp³-hybridized carbons (Fsp3) is 0.349. The minimum absolute atomic E-state index is 0.0487. The average molecular weight is 760 g/mol. The molecule has 5 aromatic rings. The summed E-state index contributed by atoms with van der Waals surface area (Å²) in [5.41, 5.74) is 4.75. The Bertz CT molecular complexity index is 2210. The second-order valence-corrected chi connectivity index (χ2v) is 19.2. The molecule has 1 fully saturated rings. The van der Waals surface area contributed by atoms with Gasteiger partial charge in [0.1, 0.15) is 5.75 Å². The monoisotopic (exact) mass is 759 g/mol. The SMILES string of the molecule is COc1ccc2c(c1)[C@]1(O[C@@H](CCn3cc(C(CO)c4ccccc4)nn3)[C@H]([Si](C)(C)F)[C@H]1C)C(=O)N2Cc1ccc(N2C(=O)CCc3ccccc32)cc1. The van der Waals surface area contributed by atoms with Gasteiger partial charge in [-0.2, -0.15) is 0 Å². The third-order valence-corrected chi connectivity index (χ3v) is 14.2. The number of benzene rings is 4. The van der Waals surface area contributed by atoms with Crippen molar-refractivity contribution in [3.8, 4) is 5.75 Å². The van der Waals surface area contributed by atoms with Crippen molar-refractivity contribution < 1.29 is 28.3 Å². The van der Waals surface area contributed by atoms with Crippen molar-refractivity contribution in [1.29, 1.82) is 0 Å². The molecule has 1 saturated heterocycles. The summed E-state index contributed by atoms with van der Waals surface area (Å²) in [5.74, 6) is -0.381. The minimum Gasteiger partial charge on any atom is -0.497 e. The first kappa shape index (κ1) is 36.8. The van der Waals surface area contributed by atoms with Crippen LogP contribution in [0.15, 0.2) is 103 Å². The van der Waals surface area contributed by atoms with Gasteiger partial charge >= 0.3 is 0 Å². The highest BCUT2D eigenvalue weighted by molar-refractivity contribution is 6.72. The number of aryl methyl sites for hydroxylation is 2. The van der Waals surface area contributed by atoms with Crippen LogP contribution in [-0.2, 0) is 39.4 Å². The van der Waals surface area contributed by atoms with E-state index in [1.165, 1.54) is 0 Å². The summed E-state index contributed by atoms with van der Waals surface area (Å²) in [6.45, 7) is 5.89. The lowest BCUT2D eigenvalue weighted by Crippen LogP contribution is -2.45. The zero-order valence-electron chi connectivity index (χ0n) is 31.6. The topological polar surface area (TPSA) is 110 Å². The lowest BCUT2D eigenvalue weighted by atomic mass is 9.82. The molecule has 4 heterocycles.